The molecule has 1 aromatic carbocycles. The molecule has 0 unspecified atom stereocenters. The van der Waals surface area contributed by atoms with Crippen LogP contribution >= 0.6 is 0 Å². The number of nitrogens with one attached hydrogen (secondary N) is 1. The maximum Gasteiger partial charge on any atom is 0.422 e. The fourth-order valence-corrected chi connectivity index (χ4v) is 3.63. The molecule has 0 aliphatic carbocycles. The summed E-state index contributed by atoms with van der Waals surface area (Å²) >= 11 is 0. The highest BCUT2D eigenvalue weighted by atomic mass is 19.4. The molecule has 0 atom stereocenters. The molecule has 1 fully saturated rings. The summed E-state index contributed by atoms with van der Waals surface area (Å²) in [6.45, 7) is 5.16. The van der Waals surface area contributed by atoms with Gasteiger partial charge in [0.05, 0.1) is 4.92 Å². The molecule has 1 amide bonds. The van der Waals surface area contributed by atoms with E-state index in [1.165, 1.54) is 28.0 Å². The number of nitro groups is 1. The van der Waals surface area contributed by atoms with Crippen LogP contribution in [0.15, 0.2) is 36.2 Å². The molecular weight excluding hydrogens is 471 g/mol. The lowest BCUT2D eigenvalue weighted by Crippen LogP contribution is -2.35. The molecule has 10 nitrogen and oxygen atoms in total. The van der Waals surface area contributed by atoms with Gasteiger partial charge in [0, 0.05) is 44.7 Å². The Kier molecular flexibility index (Phi) is 7.27. The Bertz CT molecular complexity index is 1140. The van der Waals surface area contributed by atoms with Crippen LogP contribution in [0.25, 0.3) is 0 Å². The molecule has 1 aliphatic rings. The summed E-state index contributed by atoms with van der Waals surface area (Å²) in [6.07, 6.45) is -1.90. The van der Waals surface area contributed by atoms with E-state index in [0.29, 0.717) is 18.4 Å². The van der Waals surface area contributed by atoms with Gasteiger partial charge in [0.25, 0.3) is 5.69 Å². The van der Waals surface area contributed by atoms with Gasteiger partial charge in [0.15, 0.2) is 0 Å². The number of nitro benzene ring substituents is 1. The largest absolute Gasteiger partial charge is 0.444 e. The first-order valence-electron chi connectivity index (χ1n) is 10.7. The molecule has 3 rings (SSSR count). The van der Waals surface area contributed by atoms with Crippen molar-refractivity contribution in [3.63, 3.8) is 0 Å². The van der Waals surface area contributed by atoms with Crippen LogP contribution in [0.5, 0.6) is 11.6 Å². The van der Waals surface area contributed by atoms with Crippen LogP contribution in [0.2, 0.25) is 0 Å². The minimum atomic E-state index is -4.96. The van der Waals surface area contributed by atoms with Crippen LogP contribution in [0.1, 0.15) is 39.2 Å². The molecule has 1 N–H and O–H groups in total. The number of carbonyl (C=O) groups is 1. The lowest BCUT2D eigenvalue weighted by molar-refractivity contribution is -0.384. The van der Waals surface area contributed by atoms with Crippen LogP contribution in [0.4, 0.5) is 29.3 Å². The standard InChI is InChI=1S/C22H26F3N5O5/c1-21(2,3)35-20(31)26-12-14-6-5-10-29(13-14)19-15(30(32)33)7-8-16(18(19)22(23,24)25)34-17-9-11-28(4)27-17/h7-9,11-12H,5-6,10,13H2,1-4H3,(H,26,31)/b14-12-. The van der Waals surface area contributed by atoms with Crippen molar-refractivity contribution in [3.8, 4) is 11.6 Å². The number of nitrogens with zero attached hydrogens (tertiary/aromatic N) is 4. The normalized spacial score (nSPS) is 15.7. The molecule has 190 valence electrons. The van der Waals surface area contributed by atoms with Gasteiger partial charge < -0.3 is 14.4 Å². The minimum Gasteiger partial charge on any atom is -0.444 e. The van der Waals surface area contributed by atoms with Gasteiger partial charge in [-0.05, 0) is 45.3 Å². The van der Waals surface area contributed by atoms with Crippen molar-refractivity contribution in [1.82, 2.24) is 15.1 Å². The predicted molar refractivity (Wildman–Crippen MR) is 120 cm³/mol. The Balaban J connectivity index is 1.99. The van der Waals surface area contributed by atoms with Crippen molar-refractivity contribution in [2.24, 2.45) is 7.05 Å². The summed E-state index contributed by atoms with van der Waals surface area (Å²) in [5.41, 5.74) is -2.71. The number of piperidine rings is 1. The number of anilines is 1. The Morgan fingerprint density at radius 2 is 1.97 bits per heavy atom. The smallest absolute Gasteiger partial charge is 0.422 e. The lowest BCUT2D eigenvalue weighted by atomic mass is 10.0. The second-order valence-electron chi connectivity index (χ2n) is 8.96. The van der Waals surface area contributed by atoms with Crippen LogP contribution in [-0.4, -0.2) is 39.5 Å². The zero-order valence-corrected chi connectivity index (χ0v) is 19.7. The number of alkyl carbamates (subject to hydrolysis) is 1. The number of benzene rings is 1. The average Bonchev–Trinajstić information content (AvgIpc) is 3.14. The summed E-state index contributed by atoms with van der Waals surface area (Å²) in [5.74, 6) is -0.682. The summed E-state index contributed by atoms with van der Waals surface area (Å²) in [6, 6.07) is 3.29. The number of carbonyl (C=O) groups excluding carboxylic acids is 1. The topological polar surface area (TPSA) is 112 Å². The third-order valence-corrected chi connectivity index (χ3v) is 4.93. The van der Waals surface area contributed by atoms with Gasteiger partial charge >= 0.3 is 12.3 Å². The van der Waals surface area contributed by atoms with Gasteiger partial charge in [-0.25, -0.2) is 4.79 Å². The van der Waals surface area contributed by atoms with E-state index >= 15 is 0 Å². The second-order valence-corrected chi connectivity index (χ2v) is 8.96. The number of ether oxygens (including phenoxy) is 2. The number of amides is 1. The van der Waals surface area contributed by atoms with Gasteiger partial charge in [-0.1, -0.05) is 0 Å². The molecule has 0 spiro atoms. The first-order valence-corrected chi connectivity index (χ1v) is 10.7. The van der Waals surface area contributed by atoms with Crippen molar-refractivity contribution in [2.45, 2.75) is 45.4 Å². The Morgan fingerprint density at radius 1 is 1.26 bits per heavy atom. The number of rotatable bonds is 5. The highest BCUT2D eigenvalue weighted by molar-refractivity contribution is 5.74. The van der Waals surface area contributed by atoms with E-state index in [1.807, 2.05) is 0 Å². The molecule has 13 heteroatoms. The number of hydrogen-bond acceptors (Lipinski definition) is 7. The van der Waals surface area contributed by atoms with Crippen molar-refractivity contribution in [1.29, 1.82) is 0 Å². The molecular formula is C22H26F3N5O5. The summed E-state index contributed by atoms with van der Waals surface area (Å²) in [4.78, 5) is 24.1. The van der Waals surface area contributed by atoms with Crippen LogP contribution < -0.4 is 15.0 Å². The third kappa shape index (κ3) is 6.64. The van der Waals surface area contributed by atoms with Crippen molar-refractivity contribution in [2.75, 3.05) is 18.0 Å². The minimum absolute atomic E-state index is 0.0627. The van der Waals surface area contributed by atoms with E-state index in [2.05, 4.69) is 10.4 Å². The van der Waals surface area contributed by atoms with Gasteiger partial charge in [-0.2, -0.15) is 13.2 Å². The van der Waals surface area contributed by atoms with Gasteiger partial charge in [-0.3, -0.25) is 20.1 Å². The molecule has 1 aliphatic heterocycles. The molecule has 35 heavy (non-hydrogen) atoms. The number of aryl methyl sites for hydroxylation is 1. The zero-order chi connectivity index (χ0) is 26.0. The van der Waals surface area contributed by atoms with E-state index < -0.39 is 45.5 Å². The highest BCUT2D eigenvalue weighted by Gasteiger charge is 2.43. The Hall–Kier alpha value is -3.77. The molecule has 0 radical (unpaired) electrons. The zero-order valence-electron chi connectivity index (χ0n) is 19.7. The number of aromatic nitrogens is 2. The van der Waals surface area contributed by atoms with Crippen LogP contribution in [0, 0.1) is 10.1 Å². The fraction of sp³-hybridized carbons (Fsp3) is 0.455. The lowest BCUT2D eigenvalue weighted by Gasteiger charge is -2.32. The summed E-state index contributed by atoms with van der Waals surface area (Å²) < 4.78 is 54.7. The SMILES string of the molecule is Cn1ccc(Oc2ccc([N+](=O)[O-])c(N3CCC/C(=C/NC(=O)OC(C)(C)C)C3)c2C(F)(F)F)n1. The predicted octanol–water partition coefficient (Wildman–Crippen LogP) is 5.15. The van der Waals surface area contributed by atoms with Crippen molar-refractivity contribution < 1.29 is 32.4 Å². The maximum absolute atomic E-state index is 14.3. The number of alkyl halides is 3. The van der Waals surface area contributed by atoms with Crippen LogP contribution in [0.3, 0.4) is 0 Å². The molecule has 0 bridgehead atoms. The third-order valence-electron chi connectivity index (χ3n) is 4.93. The Morgan fingerprint density at radius 3 is 2.54 bits per heavy atom. The first-order chi connectivity index (χ1) is 16.2. The fourth-order valence-electron chi connectivity index (χ4n) is 3.63. The monoisotopic (exact) mass is 497 g/mol. The van der Waals surface area contributed by atoms with E-state index in [4.69, 9.17) is 9.47 Å². The quantitative estimate of drug-likeness (QED) is 0.449. The van der Waals surface area contributed by atoms with Crippen molar-refractivity contribution in [3.05, 3.63) is 51.8 Å². The highest BCUT2D eigenvalue weighted by Crippen LogP contribution is 2.48. The van der Waals surface area contributed by atoms with Crippen LogP contribution in [-0.2, 0) is 18.0 Å². The number of halogens is 3. The molecule has 2 aromatic rings. The molecule has 0 saturated carbocycles. The van der Waals surface area contributed by atoms with E-state index in [9.17, 15) is 28.1 Å². The number of hydrogen-bond donors (Lipinski definition) is 1. The van der Waals surface area contributed by atoms with E-state index in [0.717, 1.165) is 12.1 Å². The average molecular weight is 497 g/mol. The Labute approximate surface area is 199 Å². The van der Waals surface area contributed by atoms with Gasteiger partial charge in [0.2, 0.25) is 5.88 Å². The first kappa shape index (κ1) is 25.8. The second kappa shape index (κ2) is 9.84. The molecule has 2 heterocycles. The molecule has 1 saturated heterocycles. The van der Waals surface area contributed by atoms with E-state index in [1.54, 1.807) is 27.8 Å². The van der Waals surface area contributed by atoms with Crippen molar-refractivity contribution >= 4 is 17.5 Å². The van der Waals surface area contributed by atoms with Gasteiger partial charge in [-0.15, -0.1) is 5.10 Å². The van der Waals surface area contributed by atoms with Gasteiger partial charge in [0.1, 0.15) is 22.6 Å². The van der Waals surface area contributed by atoms with E-state index in [-0.39, 0.29) is 19.0 Å². The maximum atomic E-state index is 14.3. The molecule has 1 aromatic heterocycles. The summed E-state index contributed by atoms with van der Waals surface area (Å²) in [7, 11) is 1.58. The summed E-state index contributed by atoms with van der Waals surface area (Å²) in [5, 5.41) is 18.1.